The first-order valence-corrected chi connectivity index (χ1v) is 7.95. The second-order valence-electron chi connectivity index (χ2n) is 5.42. The fourth-order valence-corrected chi connectivity index (χ4v) is 2.38. The minimum Gasteiger partial charge on any atom is -0.382 e. The van der Waals surface area contributed by atoms with Gasteiger partial charge in [-0.15, -0.1) is 10.2 Å². The molecule has 4 aromatic heterocycles. The Morgan fingerprint density at radius 3 is 2.57 bits per heavy atom. The minimum atomic E-state index is 0.206. The highest BCUT2D eigenvalue weighted by Crippen LogP contribution is 2.34. The molecule has 0 aliphatic rings. The van der Waals surface area contributed by atoms with Gasteiger partial charge < -0.3 is 5.73 Å². The van der Waals surface area contributed by atoms with E-state index in [1.165, 1.54) is 34.2 Å². The maximum Gasteiger partial charge on any atom is 0.252 e. The van der Waals surface area contributed by atoms with Crippen LogP contribution in [-0.4, -0.2) is 39.5 Å². The molecule has 0 unspecified atom stereocenters. The van der Waals surface area contributed by atoms with Gasteiger partial charge in [0.25, 0.3) is 11.6 Å². The maximum absolute atomic E-state index is 7.32. The SMILES string of the molecule is [C-]#[N+]c1cnn(-c2cnccn2)c1N=Nc1c(C)nn(-c2ncccn2)c1N. The van der Waals surface area contributed by atoms with Crippen molar-refractivity contribution in [2.24, 2.45) is 10.2 Å². The van der Waals surface area contributed by atoms with Crippen molar-refractivity contribution >= 4 is 23.0 Å². The molecule has 136 valence electrons. The molecule has 4 heterocycles. The summed E-state index contributed by atoms with van der Waals surface area (Å²) in [6.45, 7) is 9.06. The maximum atomic E-state index is 7.32. The highest BCUT2D eigenvalue weighted by Gasteiger charge is 2.17. The number of anilines is 1. The third kappa shape index (κ3) is 2.92. The number of azo groups is 1. The molecule has 0 saturated heterocycles. The molecule has 0 atom stereocenters. The van der Waals surface area contributed by atoms with Crippen molar-refractivity contribution in [3.63, 3.8) is 0 Å². The summed E-state index contributed by atoms with van der Waals surface area (Å²) in [6.07, 6.45) is 9.11. The number of rotatable bonds is 4. The van der Waals surface area contributed by atoms with Crippen LogP contribution < -0.4 is 5.73 Å². The summed E-state index contributed by atoms with van der Waals surface area (Å²) in [7, 11) is 0. The van der Waals surface area contributed by atoms with Crippen molar-refractivity contribution in [1.82, 2.24) is 39.5 Å². The van der Waals surface area contributed by atoms with Gasteiger partial charge >= 0.3 is 0 Å². The first kappa shape index (κ1) is 16.9. The average molecular weight is 372 g/mol. The van der Waals surface area contributed by atoms with Gasteiger partial charge in [-0.25, -0.2) is 24.5 Å². The van der Waals surface area contributed by atoms with Crippen LogP contribution in [0.3, 0.4) is 0 Å². The van der Waals surface area contributed by atoms with Crippen molar-refractivity contribution in [3.05, 3.63) is 60.4 Å². The van der Waals surface area contributed by atoms with Crippen LogP contribution in [0.2, 0.25) is 0 Å². The van der Waals surface area contributed by atoms with Crippen LogP contribution in [-0.2, 0) is 0 Å². The Labute approximate surface area is 158 Å². The van der Waals surface area contributed by atoms with E-state index in [2.05, 4.69) is 45.2 Å². The lowest BCUT2D eigenvalue weighted by atomic mass is 10.4. The van der Waals surface area contributed by atoms with Crippen molar-refractivity contribution in [2.45, 2.75) is 6.92 Å². The van der Waals surface area contributed by atoms with Crippen molar-refractivity contribution < 1.29 is 0 Å². The van der Waals surface area contributed by atoms with Crippen LogP contribution in [0.5, 0.6) is 0 Å². The number of aromatic nitrogens is 8. The first-order chi connectivity index (χ1) is 13.7. The summed E-state index contributed by atoms with van der Waals surface area (Å²) in [5.74, 6) is 1.15. The lowest BCUT2D eigenvalue weighted by Gasteiger charge is -2.02. The largest absolute Gasteiger partial charge is 0.382 e. The van der Waals surface area contributed by atoms with Gasteiger partial charge in [-0.3, -0.25) is 4.98 Å². The Morgan fingerprint density at radius 1 is 1.04 bits per heavy atom. The van der Waals surface area contributed by atoms with Crippen molar-refractivity contribution in [3.8, 4) is 11.8 Å². The van der Waals surface area contributed by atoms with Gasteiger partial charge in [-0.05, 0) is 13.0 Å². The zero-order valence-electron chi connectivity index (χ0n) is 14.5. The molecule has 12 heteroatoms. The van der Waals surface area contributed by atoms with E-state index >= 15 is 0 Å². The predicted octanol–water partition coefficient (Wildman–Crippen LogP) is 2.49. The average Bonchev–Trinajstić information content (AvgIpc) is 3.28. The molecular formula is C16H12N12. The molecule has 0 bridgehead atoms. The van der Waals surface area contributed by atoms with Gasteiger partial charge in [0.1, 0.15) is 0 Å². The van der Waals surface area contributed by atoms with Gasteiger partial charge in [0.2, 0.25) is 0 Å². The Bertz CT molecular complexity index is 1180. The topological polar surface area (TPSA) is 142 Å². The molecule has 28 heavy (non-hydrogen) atoms. The molecular weight excluding hydrogens is 360 g/mol. The van der Waals surface area contributed by atoms with Gasteiger partial charge in [-0.2, -0.15) is 14.9 Å². The second-order valence-corrected chi connectivity index (χ2v) is 5.42. The second kappa shape index (κ2) is 7.00. The normalized spacial score (nSPS) is 11.0. The summed E-state index contributed by atoms with van der Waals surface area (Å²) in [6, 6.07) is 1.69. The lowest BCUT2D eigenvalue weighted by Crippen LogP contribution is -2.05. The number of nitrogen functional groups attached to an aromatic ring is 1. The predicted molar refractivity (Wildman–Crippen MR) is 97.9 cm³/mol. The first-order valence-electron chi connectivity index (χ1n) is 7.95. The fraction of sp³-hybridized carbons (Fsp3) is 0.0625. The van der Waals surface area contributed by atoms with E-state index in [9.17, 15) is 0 Å². The van der Waals surface area contributed by atoms with E-state index in [-0.39, 0.29) is 17.3 Å². The summed E-state index contributed by atoms with van der Waals surface area (Å²) >= 11 is 0. The van der Waals surface area contributed by atoms with Gasteiger partial charge in [-0.1, -0.05) is 0 Å². The van der Waals surface area contributed by atoms with E-state index in [1.807, 2.05) is 0 Å². The molecule has 0 fully saturated rings. The summed E-state index contributed by atoms with van der Waals surface area (Å²) in [5.41, 5.74) is 7.24. The van der Waals surface area contributed by atoms with Gasteiger partial charge in [0.15, 0.2) is 23.1 Å². The molecule has 12 nitrogen and oxygen atoms in total. The Balaban J connectivity index is 1.76. The van der Waals surface area contributed by atoms with Crippen molar-refractivity contribution in [2.75, 3.05) is 5.73 Å². The molecule has 0 saturated carbocycles. The molecule has 0 amide bonds. The zero-order chi connectivity index (χ0) is 19.5. The van der Waals surface area contributed by atoms with Crippen molar-refractivity contribution in [1.29, 1.82) is 0 Å². The molecule has 0 aliphatic carbocycles. The van der Waals surface area contributed by atoms with Crippen LogP contribution in [0, 0.1) is 13.5 Å². The third-order valence-electron chi connectivity index (χ3n) is 3.66. The van der Waals surface area contributed by atoms with Crippen LogP contribution in [0.1, 0.15) is 5.69 Å². The zero-order valence-corrected chi connectivity index (χ0v) is 14.5. The lowest BCUT2D eigenvalue weighted by molar-refractivity contribution is 0.805. The summed E-state index contributed by atoms with van der Waals surface area (Å²) in [4.78, 5) is 19.8. The van der Waals surface area contributed by atoms with E-state index in [0.717, 1.165) is 0 Å². The Hall–Kier alpha value is -4.53. The Morgan fingerprint density at radius 2 is 1.86 bits per heavy atom. The number of hydrogen-bond acceptors (Lipinski definition) is 9. The third-order valence-corrected chi connectivity index (χ3v) is 3.66. The molecule has 0 aliphatic heterocycles. The smallest absolute Gasteiger partial charge is 0.252 e. The number of aryl methyl sites for hydroxylation is 1. The quantitative estimate of drug-likeness (QED) is 0.428. The van der Waals surface area contributed by atoms with Gasteiger partial charge in [0.05, 0.1) is 24.7 Å². The van der Waals surface area contributed by atoms with Crippen LogP contribution in [0.15, 0.2) is 53.5 Å². The fourth-order valence-electron chi connectivity index (χ4n) is 2.38. The minimum absolute atomic E-state index is 0.206. The van der Waals surface area contributed by atoms with E-state index in [1.54, 1.807) is 25.4 Å². The van der Waals surface area contributed by atoms with E-state index < -0.39 is 0 Å². The number of hydrogen-bond donors (Lipinski definition) is 1. The highest BCUT2D eigenvalue weighted by atomic mass is 15.4. The van der Waals surface area contributed by atoms with E-state index in [0.29, 0.717) is 23.1 Å². The Kier molecular flexibility index (Phi) is 4.23. The summed E-state index contributed by atoms with van der Waals surface area (Å²) < 4.78 is 2.75. The number of nitrogens with zero attached hydrogens (tertiary/aromatic N) is 11. The monoisotopic (exact) mass is 372 g/mol. The number of nitrogens with two attached hydrogens (primary N) is 1. The van der Waals surface area contributed by atoms with Crippen LogP contribution in [0.4, 0.5) is 23.0 Å². The molecule has 2 N–H and O–H groups in total. The molecule has 0 spiro atoms. The van der Waals surface area contributed by atoms with E-state index in [4.69, 9.17) is 12.3 Å². The molecule has 0 radical (unpaired) electrons. The standard InChI is InChI=1S/C16H12N12/c1-10-13(14(17)28(26-10)16-21-4-3-5-22-16)24-25-15-11(18-2)8-23-27(15)12-9-19-6-7-20-12/h3-9H,17H2,1H3. The molecule has 0 aromatic carbocycles. The van der Waals surface area contributed by atoms with Gasteiger partial charge in [0, 0.05) is 24.8 Å². The molecule has 4 rings (SSSR count). The van der Waals surface area contributed by atoms with Crippen LogP contribution in [0.25, 0.3) is 16.6 Å². The summed E-state index contributed by atoms with van der Waals surface area (Å²) in [5, 5.41) is 16.8. The van der Waals surface area contributed by atoms with Crippen LogP contribution >= 0.6 is 0 Å². The highest BCUT2D eigenvalue weighted by molar-refractivity contribution is 5.65. The molecule has 4 aromatic rings.